The van der Waals surface area contributed by atoms with Crippen LogP contribution in [0.25, 0.3) is 0 Å². The Labute approximate surface area is 314 Å². The number of carbonyl (C=O) groups excluding carboxylic acids is 2. The largest absolute Gasteiger partial charge is 0.438 e. The van der Waals surface area contributed by atoms with Gasteiger partial charge in [-0.3, -0.25) is 0 Å². The van der Waals surface area contributed by atoms with Crippen LogP contribution in [-0.4, -0.2) is 65.1 Å². The summed E-state index contributed by atoms with van der Waals surface area (Å²) in [5.74, 6) is -3.85. The number of fused-ring (bicyclic) bond motifs is 2. The zero-order valence-electron chi connectivity index (χ0n) is 30.0. The number of likely N-dealkylation sites (N-methyl/N-ethyl adjacent to an activating group) is 2. The molecule has 0 N–H and O–H groups in total. The summed E-state index contributed by atoms with van der Waals surface area (Å²) in [6.45, 7) is 4.67. The maximum absolute atomic E-state index is 13.8. The van der Waals surface area contributed by atoms with Crippen LogP contribution >= 0.6 is 0 Å². The molecule has 2 unspecified atom stereocenters. The topological polar surface area (TPSA) is 127 Å². The van der Waals surface area contributed by atoms with Crippen LogP contribution in [0.1, 0.15) is 73.6 Å². The number of benzene rings is 4. The molecule has 0 aliphatic heterocycles. The van der Waals surface area contributed by atoms with Crippen molar-refractivity contribution >= 4 is 31.6 Å². The van der Waals surface area contributed by atoms with E-state index in [1.165, 1.54) is 58.7 Å². The van der Waals surface area contributed by atoms with E-state index >= 15 is 0 Å². The first-order valence-corrected chi connectivity index (χ1v) is 21.0. The third kappa shape index (κ3) is 8.57. The molecule has 286 valence electrons. The average Bonchev–Trinajstić information content (AvgIpc) is 3.16. The number of sulfone groups is 2. The van der Waals surface area contributed by atoms with E-state index in [1.807, 2.05) is 0 Å². The second-order valence-corrected chi connectivity index (χ2v) is 17.4. The molecule has 10 nitrogen and oxygen atoms in total. The van der Waals surface area contributed by atoms with Gasteiger partial charge in [-0.05, 0) is 135 Å². The van der Waals surface area contributed by atoms with Crippen molar-refractivity contribution in [3.8, 4) is 0 Å². The summed E-state index contributed by atoms with van der Waals surface area (Å²) in [6, 6.07) is 19.6. The predicted octanol–water partition coefficient (Wildman–Crippen LogP) is 6.73. The van der Waals surface area contributed by atoms with Crippen molar-refractivity contribution in [3.05, 3.63) is 119 Å². The van der Waals surface area contributed by atoms with E-state index < -0.39 is 43.2 Å². The quantitative estimate of drug-likeness (QED) is 0.113. The molecular weight excluding hydrogens is 739 g/mol. The Morgan fingerprint density at radius 2 is 1.00 bits per heavy atom. The van der Waals surface area contributed by atoms with Crippen LogP contribution in [0.3, 0.4) is 0 Å². The zero-order valence-corrected chi connectivity index (χ0v) is 31.7. The van der Waals surface area contributed by atoms with Gasteiger partial charge in [-0.1, -0.05) is 24.3 Å². The molecule has 0 radical (unpaired) electrons. The first-order chi connectivity index (χ1) is 25.8. The monoisotopic (exact) mass is 780 g/mol. The number of aryl methyl sites for hydroxylation is 2. The molecule has 14 heteroatoms. The predicted molar refractivity (Wildman–Crippen MR) is 195 cm³/mol. The van der Waals surface area contributed by atoms with Crippen LogP contribution in [-0.2, 0) is 51.8 Å². The maximum Gasteiger partial charge on any atom is 0.438 e. The molecule has 0 bridgehead atoms. The molecule has 0 fully saturated rings. The van der Waals surface area contributed by atoms with Gasteiger partial charge in [-0.2, -0.15) is 0 Å². The Morgan fingerprint density at radius 1 is 0.611 bits per heavy atom. The number of carbonyl (C=O) groups is 2. The number of hydrogen-bond acceptors (Lipinski definition) is 10. The van der Waals surface area contributed by atoms with Crippen LogP contribution < -0.4 is 0 Å². The van der Waals surface area contributed by atoms with Gasteiger partial charge in [0.1, 0.15) is 11.6 Å². The minimum atomic E-state index is -3.93. The number of hydrogen-bond donors (Lipinski definition) is 0. The van der Waals surface area contributed by atoms with E-state index in [4.69, 9.17) is 9.68 Å². The number of nitrogens with zero attached hydrogens (tertiary/aromatic N) is 2. The molecule has 0 saturated carbocycles. The van der Waals surface area contributed by atoms with Gasteiger partial charge in [-0.25, -0.2) is 35.2 Å². The minimum Gasteiger partial charge on any atom is -0.359 e. The molecule has 4 aromatic rings. The highest BCUT2D eigenvalue weighted by atomic mass is 32.2. The van der Waals surface area contributed by atoms with Crippen LogP contribution in [0, 0.1) is 11.6 Å². The lowest BCUT2D eigenvalue weighted by molar-refractivity contribution is -0.218. The maximum atomic E-state index is 13.8. The van der Waals surface area contributed by atoms with Crippen molar-refractivity contribution in [1.29, 1.82) is 0 Å². The van der Waals surface area contributed by atoms with Crippen molar-refractivity contribution in [2.24, 2.45) is 0 Å². The Balaban J connectivity index is 1.08. The Hall–Kier alpha value is -4.50. The molecular formula is C40H42F2N2O8S2. The molecule has 6 rings (SSSR count). The molecule has 0 aromatic heterocycles. The Bertz CT molecular complexity index is 2110. The fourth-order valence-corrected chi connectivity index (χ4v) is 9.98. The third-order valence-corrected chi connectivity index (χ3v) is 13.6. The van der Waals surface area contributed by atoms with Gasteiger partial charge in [0.15, 0.2) is 0 Å². The normalized spacial score (nSPS) is 17.1. The van der Waals surface area contributed by atoms with E-state index in [-0.39, 0.29) is 57.6 Å². The van der Waals surface area contributed by atoms with Crippen molar-refractivity contribution in [1.82, 2.24) is 10.1 Å². The fourth-order valence-electron chi connectivity index (χ4n) is 7.30. The van der Waals surface area contributed by atoms with Gasteiger partial charge in [0.25, 0.3) is 0 Å². The van der Waals surface area contributed by atoms with E-state index in [0.717, 1.165) is 60.1 Å². The highest BCUT2D eigenvalue weighted by molar-refractivity contribution is 7.91. The van der Waals surface area contributed by atoms with Crippen LogP contribution in [0.4, 0.5) is 8.78 Å². The summed E-state index contributed by atoms with van der Waals surface area (Å²) in [7, 11) is -7.86. The number of hydroxylamine groups is 4. The summed E-state index contributed by atoms with van der Waals surface area (Å²) in [5.41, 5.74) is 3.52. The highest BCUT2D eigenvalue weighted by Crippen LogP contribution is 2.36. The average molecular weight is 781 g/mol. The summed E-state index contributed by atoms with van der Waals surface area (Å²) in [6.07, 6.45) is 4.37. The SMILES string of the molecule is CCN(CC1CCCc2cc(S(=O)(=O)c3cccc(F)c3)ccc21)OC(=O)C(=O)ON(CC)CC1CCCc2cc(S(=O)(=O)c3cccc(F)c3)ccc21. The van der Waals surface area contributed by atoms with Gasteiger partial charge in [0.2, 0.25) is 19.7 Å². The zero-order chi connectivity index (χ0) is 38.6. The third-order valence-electron chi connectivity index (χ3n) is 10.1. The second kappa shape index (κ2) is 16.5. The molecule has 0 spiro atoms. The van der Waals surface area contributed by atoms with E-state index in [9.17, 15) is 35.2 Å². The highest BCUT2D eigenvalue weighted by Gasteiger charge is 2.31. The van der Waals surface area contributed by atoms with Crippen molar-refractivity contribution in [2.45, 2.75) is 83.8 Å². The van der Waals surface area contributed by atoms with Crippen LogP contribution in [0.5, 0.6) is 0 Å². The molecule has 0 heterocycles. The van der Waals surface area contributed by atoms with E-state index in [0.29, 0.717) is 12.8 Å². The second-order valence-electron chi connectivity index (χ2n) is 13.5. The van der Waals surface area contributed by atoms with E-state index in [1.54, 1.807) is 38.1 Å². The van der Waals surface area contributed by atoms with Gasteiger partial charge >= 0.3 is 11.9 Å². The first-order valence-electron chi connectivity index (χ1n) is 18.0. The minimum absolute atomic E-state index is 0.0739. The standard InChI is InChI=1S/C40H42F2N2O8S2/c1-3-43(25-29-11-5-9-27-21-35(17-19-37(27)29)53(47,48)33-15-7-13-31(41)23-33)51-39(45)40(46)52-44(4-2)26-30-12-6-10-28-22-36(18-20-38(28)30)54(49,50)34-16-8-14-32(42)24-34/h7-8,13-24,29-30H,3-6,9-12,25-26H2,1-2H3. The van der Waals surface area contributed by atoms with Crippen molar-refractivity contribution in [2.75, 3.05) is 26.2 Å². The van der Waals surface area contributed by atoms with Crippen molar-refractivity contribution in [3.63, 3.8) is 0 Å². The number of rotatable bonds is 12. The summed E-state index contributed by atoms with van der Waals surface area (Å²) in [4.78, 5) is 36.8. The van der Waals surface area contributed by atoms with Gasteiger partial charge in [-0.15, -0.1) is 10.1 Å². The van der Waals surface area contributed by atoms with Crippen molar-refractivity contribution < 1.29 is 44.9 Å². The molecule has 54 heavy (non-hydrogen) atoms. The Morgan fingerprint density at radius 3 is 1.37 bits per heavy atom. The smallest absolute Gasteiger partial charge is 0.359 e. The lowest BCUT2D eigenvalue weighted by atomic mass is 9.83. The molecule has 0 amide bonds. The lowest BCUT2D eigenvalue weighted by Crippen LogP contribution is -2.39. The van der Waals surface area contributed by atoms with Gasteiger partial charge < -0.3 is 9.68 Å². The summed E-state index contributed by atoms with van der Waals surface area (Å²) >= 11 is 0. The molecule has 2 aliphatic rings. The molecule has 2 atom stereocenters. The van der Waals surface area contributed by atoms with E-state index in [2.05, 4.69) is 0 Å². The Kier molecular flexibility index (Phi) is 12.0. The fraction of sp³-hybridized carbons (Fsp3) is 0.350. The lowest BCUT2D eigenvalue weighted by Gasteiger charge is -2.31. The first kappa shape index (κ1) is 39.2. The molecule has 4 aromatic carbocycles. The van der Waals surface area contributed by atoms with Gasteiger partial charge in [0.05, 0.1) is 19.6 Å². The summed E-state index contributed by atoms with van der Waals surface area (Å²) in [5, 5.41) is 2.79. The molecule has 0 saturated heterocycles. The van der Waals surface area contributed by atoms with Crippen LogP contribution in [0.15, 0.2) is 105 Å². The summed E-state index contributed by atoms with van der Waals surface area (Å²) < 4.78 is 80.4. The van der Waals surface area contributed by atoms with Crippen LogP contribution in [0.2, 0.25) is 0 Å². The number of halogens is 2. The molecule has 2 aliphatic carbocycles. The van der Waals surface area contributed by atoms with Gasteiger partial charge in [0, 0.05) is 38.0 Å².